The van der Waals surface area contributed by atoms with E-state index in [0.717, 1.165) is 31.6 Å². The van der Waals surface area contributed by atoms with E-state index in [1.165, 1.54) is 18.4 Å². The number of carbonyl (C=O) groups excluding carboxylic acids is 1. The van der Waals surface area contributed by atoms with Crippen LogP contribution < -0.4 is 10.2 Å². The molecule has 0 saturated carbocycles. The Labute approximate surface area is 108 Å². The summed E-state index contributed by atoms with van der Waals surface area (Å²) in [5, 5.41) is 3.48. The van der Waals surface area contributed by atoms with Gasteiger partial charge in [-0.05, 0) is 43.9 Å². The molecule has 0 aromatic heterocycles. The molecule has 18 heavy (non-hydrogen) atoms. The molecule has 2 aliphatic heterocycles. The van der Waals surface area contributed by atoms with Gasteiger partial charge in [0.05, 0.1) is 0 Å². The van der Waals surface area contributed by atoms with E-state index in [4.69, 9.17) is 0 Å². The predicted molar refractivity (Wildman–Crippen MR) is 72.8 cm³/mol. The van der Waals surface area contributed by atoms with Crippen LogP contribution in [0.2, 0.25) is 0 Å². The minimum Gasteiger partial charge on any atom is -0.312 e. The molecule has 1 unspecified atom stereocenters. The maximum Gasteiger partial charge on any atom is 0.227 e. The Morgan fingerprint density at radius 3 is 2.94 bits per heavy atom. The van der Waals surface area contributed by atoms with Gasteiger partial charge in [-0.2, -0.15) is 0 Å². The molecule has 96 valence electrons. The molecule has 1 atom stereocenters. The smallest absolute Gasteiger partial charge is 0.227 e. The molecule has 1 aromatic rings. The molecule has 1 fully saturated rings. The van der Waals surface area contributed by atoms with Crippen LogP contribution in [0.1, 0.15) is 31.2 Å². The maximum atomic E-state index is 12.3. The number of hydrogen-bond acceptors (Lipinski definition) is 2. The molecule has 2 aliphatic rings. The number of fused-ring (bicyclic) bond motifs is 1. The third kappa shape index (κ3) is 2.27. The Kier molecular flexibility index (Phi) is 3.33. The Morgan fingerprint density at radius 2 is 2.11 bits per heavy atom. The van der Waals surface area contributed by atoms with E-state index in [1.54, 1.807) is 0 Å². The number of nitrogens with zero attached hydrogens (tertiary/aromatic N) is 1. The van der Waals surface area contributed by atoms with Gasteiger partial charge in [-0.15, -0.1) is 0 Å². The van der Waals surface area contributed by atoms with Crippen molar-refractivity contribution >= 4 is 11.6 Å². The standard InChI is InChI=1S/C15H20N2O/c18-15-9-3-6-12-5-1-2-8-14(12)17(15)11-13-7-4-10-16-13/h1-2,5,8,13,16H,3-4,6-7,9-11H2. The van der Waals surface area contributed by atoms with Crippen molar-refractivity contribution < 1.29 is 4.79 Å². The topological polar surface area (TPSA) is 32.3 Å². The van der Waals surface area contributed by atoms with E-state index in [1.807, 2.05) is 11.0 Å². The highest BCUT2D eigenvalue weighted by molar-refractivity contribution is 5.94. The monoisotopic (exact) mass is 244 g/mol. The Hall–Kier alpha value is -1.35. The van der Waals surface area contributed by atoms with Crippen LogP contribution in [0.25, 0.3) is 0 Å². The van der Waals surface area contributed by atoms with Crippen LogP contribution in [0.15, 0.2) is 24.3 Å². The Bertz CT molecular complexity index is 438. The molecule has 0 spiro atoms. The number of hydrogen-bond donors (Lipinski definition) is 1. The zero-order valence-corrected chi connectivity index (χ0v) is 10.7. The van der Waals surface area contributed by atoms with Crippen molar-refractivity contribution in [1.82, 2.24) is 5.32 Å². The second-order valence-electron chi connectivity index (χ2n) is 5.28. The van der Waals surface area contributed by atoms with Gasteiger partial charge in [-0.25, -0.2) is 0 Å². The molecule has 3 nitrogen and oxygen atoms in total. The van der Waals surface area contributed by atoms with Gasteiger partial charge in [-0.1, -0.05) is 18.2 Å². The molecule has 1 saturated heterocycles. The highest BCUT2D eigenvalue weighted by Crippen LogP contribution is 2.27. The van der Waals surface area contributed by atoms with Crippen LogP contribution in [0.5, 0.6) is 0 Å². The summed E-state index contributed by atoms with van der Waals surface area (Å²) in [6.07, 6.45) is 5.10. The van der Waals surface area contributed by atoms with Crippen molar-refractivity contribution in [2.45, 2.75) is 38.1 Å². The fourth-order valence-electron chi connectivity index (χ4n) is 3.02. The first-order chi connectivity index (χ1) is 8.84. The fraction of sp³-hybridized carbons (Fsp3) is 0.533. The number of aryl methyl sites for hydroxylation is 1. The summed E-state index contributed by atoms with van der Waals surface area (Å²) in [7, 11) is 0. The highest BCUT2D eigenvalue weighted by Gasteiger charge is 2.25. The van der Waals surface area contributed by atoms with Gasteiger partial charge in [0, 0.05) is 24.7 Å². The third-order valence-corrected chi connectivity index (χ3v) is 3.99. The molecule has 0 radical (unpaired) electrons. The van der Waals surface area contributed by atoms with Gasteiger partial charge < -0.3 is 10.2 Å². The zero-order chi connectivity index (χ0) is 12.4. The summed E-state index contributed by atoms with van der Waals surface area (Å²) in [6, 6.07) is 8.82. The van der Waals surface area contributed by atoms with Crippen LogP contribution >= 0.6 is 0 Å². The van der Waals surface area contributed by atoms with Gasteiger partial charge in [0.25, 0.3) is 0 Å². The Morgan fingerprint density at radius 1 is 1.22 bits per heavy atom. The summed E-state index contributed by atoms with van der Waals surface area (Å²) >= 11 is 0. The third-order valence-electron chi connectivity index (χ3n) is 3.99. The molecule has 1 amide bonds. The second-order valence-corrected chi connectivity index (χ2v) is 5.28. The summed E-state index contributed by atoms with van der Waals surface area (Å²) < 4.78 is 0. The fourth-order valence-corrected chi connectivity index (χ4v) is 3.02. The SMILES string of the molecule is O=C1CCCc2ccccc2N1CC1CCCN1. The molecule has 1 aromatic carbocycles. The Balaban J connectivity index is 1.87. The average molecular weight is 244 g/mol. The number of para-hydroxylation sites is 1. The number of anilines is 1. The lowest BCUT2D eigenvalue weighted by Crippen LogP contribution is -2.41. The van der Waals surface area contributed by atoms with E-state index < -0.39 is 0 Å². The zero-order valence-electron chi connectivity index (χ0n) is 10.7. The summed E-state index contributed by atoms with van der Waals surface area (Å²) in [5.41, 5.74) is 2.45. The van der Waals surface area contributed by atoms with Crippen LogP contribution in [-0.2, 0) is 11.2 Å². The molecule has 0 aliphatic carbocycles. The van der Waals surface area contributed by atoms with Crippen molar-refractivity contribution in [3.8, 4) is 0 Å². The van der Waals surface area contributed by atoms with E-state index in [-0.39, 0.29) is 5.91 Å². The van der Waals surface area contributed by atoms with Crippen LogP contribution in [0.3, 0.4) is 0 Å². The molecule has 3 rings (SSSR count). The van der Waals surface area contributed by atoms with Crippen molar-refractivity contribution in [1.29, 1.82) is 0 Å². The van der Waals surface area contributed by atoms with Crippen LogP contribution in [-0.4, -0.2) is 25.0 Å². The van der Waals surface area contributed by atoms with Gasteiger partial charge in [0.2, 0.25) is 5.91 Å². The number of carbonyl (C=O) groups is 1. The molecule has 3 heteroatoms. The second kappa shape index (κ2) is 5.11. The minimum atomic E-state index is 0.286. The molecule has 0 bridgehead atoms. The van der Waals surface area contributed by atoms with Crippen molar-refractivity contribution in [2.24, 2.45) is 0 Å². The first-order valence-electron chi connectivity index (χ1n) is 6.96. The summed E-state index contributed by atoms with van der Waals surface area (Å²) in [5.74, 6) is 0.286. The summed E-state index contributed by atoms with van der Waals surface area (Å²) in [4.78, 5) is 14.3. The molecule has 2 heterocycles. The minimum absolute atomic E-state index is 0.286. The number of amides is 1. The number of nitrogens with one attached hydrogen (secondary N) is 1. The van der Waals surface area contributed by atoms with Gasteiger partial charge in [-0.3, -0.25) is 4.79 Å². The van der Waals surface area contributed by atoms with Crippen molar-refractivity contribution in [3.05, 3.63) is 29.8 Å². The quantitative estimate of drug-likeness (QED) is 0.864. The van der Waals surface area contributed by atoms with E-state index in [9.17, 15) is 4.79 Å². The lowest BCUT2D eigenvalue weighted by atomic mass is 10.1. The van der Waals surface area contributed by atoms with Gasteiger partial charge in [0.15, 0.2) is 0 Å². The van der Waals surface area contributed by atoms with Crippen LogP contribution in [0, 0.1) is 0 Å². The van der Waals surface area contributed by atoms with Crippen molar-refractivity contribution in [3.63, 3.8) is 0 Å². The first-order valence-corrected chi connectivity index (χ1v) is 6.96. The normalized spacial score (nSPS) is 23.9. The molecular formula is C15H20N2O. The predicted octanol–water partition coefficient (Wildman–Crippen LogP) is 2.11. The van der Waals surface area contributed by atoms with E-state index in [0.29, 0.717) is 12.5 Å². The van der Waals surface area contributed by atoms with Gasteiger partial charge >= 0.3 is 0 Å². The summed E-state index contributed by atoms with van der Waals surface area (Å²) in [6.45, 7) is 1.92. The lowest BCUT2D eigenvalue weighted by molar-refractivity contribution is -0.118. The maximum absolute atomic E-state index is 12.3. The average Bonchev–Trinajstić information content (AvgIpc) is 2.84. The van der Waals surface area contributed by atoms with E-state index >= 15 is 0 Å². The van der Waals surface area contributed by atoms with Gasteiger partial charge in [0.1, 0.15) is 0 Å². The number of benzene rings is 1. The number of rotatable bonds is 2. The molecular weight excluding hydrogens is 224 g/mol. The first kappa shape index (κ1) is 11.7. The largest absolute Gasteiger partial charge is 0.312 e. The van der Waals surface area contributed by atoms with E-state index in [2.05, 4.69) is 23.5 Å². The van der Waals surface area contributed by atoms with Crippen molar-refractivity contribution in [2.75, 3.05) is 18.0 Å². The van der Waals surface area contributed by atoms with Crippen LogP contribution in [0.4, 0.5) is 5.69 Å². The molecule has 1 N–H and O–H groups in total. The highest BCUT2D eigenvalue weighted by atomic mass is 16.2. The lowest BCUT2D eigenvalue weighted by Gasteiger charge is -2.26.